The summed E-state index contributed by atoms with van der Waals surface area (Å²) in [4.78, 5) is 0. The van der Waals surface area contributed by atoms with E-state index in [4.69, 9.17) is 5.73 Å². The zero-order valence-corrected chi connectivity index (χ0v) is 7.62. The maximum atomic E-state index is 6.01. The Morgan fingerprint density at radius 3 is 2.75 bits per heavy atom. The Morgan fingerprint density at radius 2 is 2.33 bits per heavy atom. The highest BCUT2D eigenvalue weighted by atomic mass is 15.3. The Morgan fingerprint density at radius 1 is 1.67 bits per heavy atom. The summed E-state index contributed by atoms with van der Waals surface area (Å²) in [5.74, 6) is 0.694. The first kappa shape index (κ1) is 7.80. The fraction of sp³-hybridized carbons (Fsp3) is 0.667. The van der Waals surface area contributed by atoms with Gasteiger partial charge in [-0.15, -0.1) is 0 Å². The van der Waals surface area contributed by atoms with Gasteiger partial charge in [0.1, 0.15) is 0 Å². The van der Waals surface area contributed by atoms with Gasteiger partial charge in [-0.05, 0) is 31.7 Å². The molecular weight excluding hydrogens is 150 g/mol. The molecule has 1 aromatic heterocycles. The van der Waals surface area contributed by atoms with Crippen molar-refractivity contribution >= 4 is 0 Å². The molecule has 1 atom stereocenters. The van der Waals surface area contributed by atoms with Crippen molar-refractivity contribution in [2.45, 2.75) is 25.8 Å². The average Bonchev–Trinajstić information content (AvgIpc) is 2.80. The van der Waals surface area contributed by atoms with Crippen LogP contribution in [0.1, 0.15) is 30.3 Å². The minimum absolute atomic E-state index is 0.171. The predicted molar refractivity (Wildman–Crippen MR) is 47.6 cm³/mol. The Labute approximate surface area is 72.6 Å². The molecule has 0 saturated heterocycles. The Bertz CT molecular complexity index is 266. The summed E-state index contributed by atoms with van der Waals surface area (Å²) in [5, 5.41) is 4.36. The van der Waals surface area contributed by atoms with Crippen molar-refractivity contribution in [2.75, 3.05) is 0 Å². The second kappa shape index (κ2) is 2.59. The summed E-state index contributed by atoms with van der Waals surface area (Å²) in [6, 6.07) is 2.26. The molecule has 12 heavy (non-hydrogen) atoms. The van der Waals surface area contributed by atoms with Gasteiger partial charge in [0.05, 0.1) is 11.7 Å². The van der Waals surface area contributed by atoms with E-state index in [2.05, 4.69) is 18.1 Å². The Kier molecular flexibility index (Phi) is 1.68. The van der Waals surface area contributed by atoms with Crippen LogP contribution in [-0.2, 0) is 7.05 Å². The molecule has 66 valence electrons. The number of nitrogens with two attached hydrogens (primary N) is 1. The van der Waals surface area contributed by atoms with Crippen LogP contribution in [0.4, 0.5) is 0 Å². The predicted octanol–water partition coefficient (Wildman–Crippen LogP) is 1.14. The highest BCUT2D eigenvalue weighted by Gasteiger charge is 2.30. The summed E-state index contributed by atoms with van der Waals surface area (Å²) in [6.45, 7) is 2.05. The molecule has 1 aromatic rings. The standard InChI is InChI=1S/C9H15N3/c1-6-5-8(11-12(6)2)9(10)7-3-4-7/h5,7,9H,3-4,10H2,1-2H3. The Balaban J connectivity index is 2.21. The molecular formula is C9H15N3. The average molecular weight is 165 g/mol. The molecule has 0 spiro atoms. The fourth-order valence-corrected chi connectivity index (χ4v) is 1.45. The molecule has 1 unspecified atom stereocenters. The molecule has 0 aromatic carbocycles. The number of aromatic nitrogens is 2. The zero-order chi connectivity index (χ0) is 8.72. The van der Waals surface area contributed by atoms with E-state index in [1.807, 2.05) is 11.7 Å². The molecule has 3 heteroatoms. The van der Waals surface area contributed by atoms with Crippen LogP contribution in [-0.4, -0.2) is 9.78 Å². The molecule has 0 radical (unpaired) electrons. The number of hydrogen-bond acceptors (Lipinski definition) is 2. The van der Waals surface area contributed by atoms with Crippen LogP contribution in [0.2, 0.25) is 0 Å². The topological polar surface area (TPSA) is 43.8 Å². The summed E-state index contributed by atoms with van der Waals surface area (Å²) in [6.07, 6.45) is 2.55. The summed E-state index contributed by atoms with van der Waals surface area (Å²) >= 11 is 0. The minimum atomic E-state index is 0.171. The van der Waals surface area contributed by atoms with Crippen molar-refractivity contribution in [1.29, 1.82) is 0 Å². The third-order valence-electron chi connectivity index (χ3n) is 2.60. The normalized spacial score (nSPS) is 19.6. The van der Waals surface area contributed by atoms with Crippen molar-refractivity contribution in [1.82, 2.24) is 9.78 Å². The largest absolute Gasteiger partial charge is 0.322 e. The molecule has 0 aliphatic heterocycles. The molecule has 1 heterocycles. The van der Waals surface area contributed by atoms with E-state index in [1.54, 1.807) is 0 Å². The molecule has 1 fully saturated rings. The number of rotatable bonds is 2. The van der Waals surface area contributed by atoms with E-state index in [9.17, 15) is 0 Å². The van der Waals surface area contributed by atoms with Gasteiger partial charge >= 0.3 is 0 Å². The van der Waals surface area contributed by atoms with Gasteiger partial charge in [0.25, 0.3) is 0 Å². The molecule has 2 N–H and O–H groups in total. The quantitative estimate of drug-likeness (QED) is 0.714. The van der Waals surface area contributed by atoms with Gasteiger partial charge in [-0.1, -0.05) is 0 Å². The molecule has 2 rings (SSSR count). The second-order valence-electron chi connectivity index (χ2n) is 3.70. The second-order valence-corrected chi connectivity index (χ2v) is 3.70. The number of hydrogen-bond donors (Lipinski definition) is 1. The molecule has 3 nitrogen and oxygen atoms in total. The van der Waals surface area contributed by atoms with Crippen molar-refractivity contribution in [3.63, 3.8) is 0 Å². The lowest BCUT2D eigenvalue weighted by Gasteiger charge is -2.04. The molecule has 0 bridgehead atoms. The number of aryl methyl sites for hydroxylation is 2. The Hall–Kier alpha value is -0.830. The first-order valence-electron chi connectivity index (χ1n) is 4.44. The molecule has 1 aliphatic rings. The van der Waals surface area contributed by atoms with Gasteiger partial charge in [-0.3, -0.25) is 4.68 Å². The SMILES string of the molecule is Cc1cc(C(N)C2CC2)nn1C. The van der Waals surface area contributed by atoms with Crippen LogP contribution in [0.25, 0.3) is 0 Å². The summed E-state index contributed by atoms with van der Waals surface area (Å²) < 4.78 is 1.89. The van der Waals surface area contributed by atoms with Gasteiger partial charge in [0.15, 0.2) is 0 Å². The van der Waals surface area contributed by atoms with Crippen LogP contribution in [0, 0.1) is 12.8 Å². The summed E-state index contributed by atoms with van der Waals surface area (Å²) in [5.41, 5.74) is 8.24. The minimum Gasteiger partial charge on any atom is -0.322 e. The molecule has 1 aliphatic carbocycles. The first-order valence-corrected chi connectivity index (χ1v) is 4.44. The lowest BCUT2D eigenvalue weighted by molar-refractivity contribution is 0.595. The highest BCUT2D eigenvalue weighted by Crippen LogP contribution is 2.38. The van der Waals surface area contributed by atoms with Crippen molar-refractivity contribution < 1.29 is 0 Å². The van der Waals surface area contributed by atoms with E-state index in [1.165, 1.54) is 18.5 Å². The van der Waals surface area contributed by atoms with E-state index >= 15 is 0 Å². The van der Waals surface area contributed by atoms with Gasteiger partial charge in [-0.25, -0.2) is 0 Å². The van der Waals surface area contributed by atoms with E-state index in [0.29, 0.717) is 5.92 Å². The van der Waals surface area contributed by atoms with Crippen LogP contribution >= 0.6 is 0 Å². The maximum Gasteiger partial charge on any atom is 0.0797 e. The van der Waals surface area contributed by atoms with Gasteiger partial charge < -0.3 is 5.73 Å². The van der Waals surface area contributed by atoms with Crippen LogP contribution in [0.3, 0.4) is 0 Å². The van der Waals surface area contributed by atoms with Gasteiger partial charge in [0, 0.05) is 12.7 Å². The van der Waals surface area contributed by atoms with E-state index < -0.39 is 0 Å². The first-order chi connectivity index (χ1) is 5.68. The monoisotopic (exact) mass is 165 g/mol. The highest BCUT2D eigenvalue weighted by molar-refractivity contribution is 5.14. The molecule has 1 saturated carbocycles. The van der Waals surface area contributed by atoms with Crippen molar-refractivity contribution in [3.05, 3.63) is 17.5 Å². The summed E-state index contributed by atoms with van der Waals surface area (Å²) in [7, 11) is 1.96. The maximum absolute atomic E-state index is 6.01. The van der Waals surface area contributed by atoms with Crippen molar-refractivity contribution in [3.8, 4) is 0 Å². The lowest BCUT2D eigenvalue weighted by atomic mass is 10.1. The number of nitrogens with zero attached hydrogens (tertiary/aromatic N) is 2. The van der Waals surface area contributed by atoms with Gasteiger partial charge in [-0.2, -0.15) is 5.10 Å². The van der Waals surface area contributed by atoms with Crippen LogP contribution in [0.5, 0.6) is 0 Å². The smallest absolute Gasteiger partial charge is 0.0797 e. The van der Waals surface area contributed by atoms with E-state index in [-0.39, 0.29) is 6.04 Å². The van der Waals surface area contributed by atoms with E-state index in [0.717, 1.165) is 5.69 Å². The molecule has 0 amide bonds. The third kappa shape index (κ3) is 1.25. The van der Waals surface area contributed by atoms with Crippen molar-refractivity contribution in [2.24, 2.45) is 18.7 Å². The zero-order valence-electron chi connectivity index (χ0n) is 7.62. The lowest BCUT2D eigenvalue weighted by Crippen LogP contribution is -2.13. The third-order valence-corrected chi connectivity index (χ3v) is 2.60. The fourth-order valence-electron chi connectivity index (χ4n) is 1.45. The van der Waals surface area contributed by atoms with Gasteiger partial charge in [0.2, 0.25) is 0 Å². The van der Waals surface area contributed by atoms with Crippen LogP contribution in [0.15, 0.2) is 6.07 Å². The van der Waals surface area contributed by atoms with Crippen LogP contribution < -0.4 is 5.73 Å².